The zero-order chi connectivity index (χ0) is 26.8. The maximum absolute atomic E-state index is 14.5. The molecule has 1 amide bonds. The highest BCUT2D eigenvalue weighted by molar-refractivity contribution is 5.90. The van der Waals surface area contributed by atoms with Crippen molar-refractivity contribution in [3.63, 3.8) is 0 Å². The summed E-state index contributed by atoms with van der Waals surface area (Å²) in [5, 5.41) is 9.91. The number of ether oxygens (including phenoxy) is 1. The number of methoxy groups -OCH3 is 1. The number of hydroxylamine groups is 1. The van der Waals surface area contributed by atoms with Gasteiger partial charge in [-0.15, -0.1) is 0 Å². The largest absolute Gasteiger partial charge is 0.497 e. The number of hydrogen-bond donors (Lipinski definition) is 4. The highest BCUT2D eigenvalue weighted by Crippen LogP contribution is 2.38. The number of aromatic nitrogens is 2. The zero-order valence-electron chi connectivity index (χ0n) is 21.9. The van der Waals surface area contributed by atoms with Crippen LogP contribution in [0.5, 0.6) is 5.75 Å². The molecular weight excluding hydrogens is 483 g/mol. The first-order valence-electron chi connectivity index (χ1n) is 12.8. The first-order valence-corrected chi connectivity index (χ1v) is 12.8. The molecule has 2 heterocycles. The molecule has 1 aliphatic rings. The Morgan fingerprint density at radius 1 is 1.26 bits per heavy atom. The van der Waals surface area contributed by atoms with Crippen LogP contribution in [0.1, 0.15) is 51.7 Å². The molecular formula is C30H33FN4O3. The number of carbonyl (C=O) groups is 1. The molecule has 1 aliphatic carbocycles. The van der Waals surface area contributed by atoms with Crippen molar-refractivity contribution in [2.45, 2.75) is 45.7 Å². The number of amides is 1. The highest BCUT2D eigenvalue weighted by Gasteiger charge is 2.29. The number of aryl methyl sites for hydroxylation is 2. The molecule has 0 bridgehead atoms. The van der Waals surface area contributed by atoms with Gasteiger partial charge in [0.2, 0.25) is 0 Å². The molecule has 5 rings (SSSR count). The summed E-state index contributed by atoms with van der Waals surface area (Å²) in [5.41, 5.74) is 9.47. The first kappa shape index (κ1) is 25.8. The number of aromatic amines is 2. The number of carbonyl (C=O) groups excluding carboxylic acids is 1. The van der Waals surface area contributed by atoms with E-state index in [1.165, 1.54) is 28.2 Å². The van der Waals surface area contributed by atoms with Crippen molar-refractivity contribution in [3.8, 4) is 5.75 Å². The summed E-state index contributed by atoms with van der Waals surface area (Å²) in [6, 6.07) is 12.5. The Kier molecular flexibility index (Phi) is 7.35. The number of benzene rings is 2. The Hall–Kier alpha value is -3.88. The Morgan fingerprint density at radius 3 is 2.84 bits per heavy atom. The highest BCUT2D eigenvalue weighted by atomic mass is 19.1. The molecule has 1 unspecified atom stereocenters. The van der Waals surface area contributed by atoms with Gasteiger partial charge in [0.1, 0.15) is 11.6 Å². The Morgan fingerprint density at radius 2 is 2.11 bits per heavy atom. The average molecular weight is 517 g/mol. The quantitative estimate of drug-likeness (QED) is 0.134. The van der Waals surface area contributed by atoms with E-state index >= 15 is 0 Å². The summed E-state index contributed by atoms with van der Waals surface area (Å²) in [7, 11) is 1.67. The van der Waals surface area contributed by atoms with Crippen LogP contribution in [0.15, 0.2) is 48.7 Å². The maximum Gasteiger partial charge on any atom is 0.267 e. The number of nitrogens with zero attached hydrogens (tertiary/aromatic N) is 1. The van der Waals surface area contributed by atoms with Gasteiger partial charge in [0, 0.05) is 65.3 Å². The van der Waals surface area contributed by atoms with Crippen LogP contribution >= 0.6 is 0 Å². The van der Waals surface area contributed by atoms with E-state index in [1.807, 2.05) is 25.1 Å². The molecule has 0 fully saturated rings. The first-order chi connectivity index (χ1) is 18.4. The second-order valence-electron chi connectivity index (χ2n) is 9.94. The Labute approximate surface area is 221 Å². The summed E-state index contributed by atoms with van der Waals surface area (Å²) in [4.78, 5) is 20.5. The van der Waals surface area contributed by atoms with Gasteiger partial charge < -0.3 is 14.7 Å². The van der Waals surface area contributed by atoms with Gasteiger partial charge in [0.25, 0.3) is 5.91 Å². The third-order valence-electron chi connectivity index (χ3n) is 7.64. The minimum atomic E-state index is -0.561. The Bertz CT molecular complexity index is 1500. The van der Waals surface area contributed by atoms with E-state index < -0.39 is 5.91 Å². The van der Waals surface area contributed by atoms with Crippen molar-refractivity contribution in [3.05, 3.63) is 93.7 Å². The topological polar surface area (TPSA) is 93.4 Å². The molecule has 38 heavy (non-hydrogen) atoms. The second-order valence-corrected chi connectivity index (χ2v) is 9.94. The van der Waals surface area contributed by atoms with Gasteiger partial charge in [0.15, 0.2) is 0 Å². The number of H-pyrrole nitrogens is 2. The lowest BCUT2D eigenvalue weighted by Crippen LogP contribution is -2.30. The molecule has 7 nitrogen and oxygen atoms in total. The third-order valence-corrected chi connectivity index (χ3v) is 7.64. The number of hydrogen-bond acceptors (Lipinski definition) is 4. The fourth-order valence-corrected chi connectivity index (χ4v) is 5.57. The molecule has 2 aromatic heterocycles. The second kappa shape index (κ2) is 10.8. The zero-order valence-corrected chi connectivity index (χ0v) is 21.9. The number of fused-ring (bicyclic) bond motifs is 2. The lowest BCUT2D eigenvalue weighted by molar-refractivity contribution is -0.124. The molecule has 4 N–H and O–H groups in total. The van der Waals surface area contributed by atoms with Gasteiger partial charge in [-0.3, -0.25) is 14.9 Å². The maximum atomic E-state index is 14.5. The van der Waals surface area contributed by atoms with Gasteiger partial charge in [-0.25, -0.2) is 9.87 Å². The average Bonchev–Trinajstić information content (AvgIpc) is 3.61. The monoisotopic (exact) mass is 516 g/mol. The van der Waals surface area contributed by atoms with E-state index in [1.54, 1.807) is 25.6 Å². The fraction of sp³-hybridized carbons (Fsp3) is 0.300. The molecule has 0 aliphatic heterocycles. The summed E-state index contributed by atoms with van der Waals surface area (Å²) in [6.07, 6.45) is 7.80. The molecule has 0 saturated heterocycles. The van der Waals surface area contributed by atoms with Crippen LogP contribution in [0.4, 0.5) is 4.39 Å². The van der Waals surface area contributed by atoms with Crippen molar-refractivity contribution in [1.82, 2.24) is 20.3 Å². The lowest BCUT2D eigenvalue weighted by Gasteiger charge is -2.30. The van der Waals surface area contributed by atoms with Crippen molar-refractivity contribution >= 4 is 22.9 Å². The molecule has 4 aromatic rings. The van der Waals surface area contributed by atoms with E-state index in [-0.39, 0.29) is 11.9 Å². The molecule has 198 valence electrons. The van der Waals surface area contributed by atoms with Crippen LogP contribution in [0.3, 0.4) is 0 Å². The van der Waals surface area contributed by atoms with Crippen molar-refractivity contribution < 1.29 is 19.1 Å². The summed E-state index contributed by atoms with van der Waals surface area (Å²) in [6.45, 7) is 5.03. The van der Waals surface area contributed by atoms with E-state index in [2.05, 4.69) is 39.3 Å². The van der Waals surface area contributed by atoms with E-state index in [0.29, 0.717) is 17.8 Å². The molecule has 0 radical (unpaired) electrons. The van der Waals surface area contributed by atoms with Gasteiger partial charge in [-0.1, -0.05) is 18.2 Å². The molecule has 0 saturated carbocycles. The van der Waals surface area contributed by atoms with Crippen LogP contribution < -0.4 is 10.2 Å². The third kappa shape index (κ3) is 5.10. The molecule has 1 atom stereocenters. The van der Waals surface area contributed by atoms with Crippen LogP contribution in [0, 0.1) is 19.7 Å². The fourth-order valence-electron chi connectivity index (χ4n) is 5.57. The predicted octanol–water partition coefficient (Wildman–Crippen LogP) is 5.51. The van der Waals surface area contributed by atoms with Gasteiger partial charge in [-0.05, 0) is 73.6 Å². The van der Waals surface area contributed by atoms with Crippen LogP contribution in [-0.2, 0) is 24.2 Å². The summed E-state index contributed by atoms with van der Waals surface area (Å²) >= 11 is 0. The number of nitrogens with one attached hydrogen (secondary N) is 3. The smallest absolute Gasteiger partial charge is 0.267 e. The molecule has 8 heteroatoms. The number of halogens is 1. The lowest BCUT2D eigenvalue weighted by atomic mass is 10.0. The standard InChI is InChI=1S/C30H33FN4O3/c1-18-27(33-19(2)30(18)31)17-35(13-12-22-16-32-26-15-23(38-3)7-9-24(22)26)28-10-6-21-14-20(4-8-25(21)28)5-11-29(36)34-37/h4-5,7-9,11,14-16,28,32-33,37H,6,10,12-13,17H2,1-3H3,(H,34,36)/b11-5+. The normalized spacial score (nSPS) is 15.1. The minimum Gasteiger partial charge on any atom is -0.497 e. The number of rotatable bonds is 9. The van der Waals surface area contributed by atoms with E-state index in [0.717, 1.165) is 48.3 Å². The van der Waals surface area contributed by atoms with Crippen molar-refractivity contribution in [2.75, 3.05) is 13.7 Å². The predicted molar refractivity (Wildman–Crippen MR) is 146 cm³/mol. The van der Waals surface area contributed by atoms with Gasteiger partial charge in [-0.2, -0.15) is 0 Å². The van der Waals surface area contributed by atoms with Crippen molar-refractivity contribution in [1.29, 1.82) is 0 Å². The molecule has 2 aromatic carbocycles. The van der Waals surface area contributed by atoms with Crippen LogP contribution in [-0.4, -0.2) is 39.6 Å². The Balaban J connectivity index is 1.42. The van der Waals surface area contributed by atoms with E-state index in [4.69, 9.17) is 9.94 Å². The summed E-state index contributed by atoms with van der Waals surface area (Å²) < 4.78 is 19.9. The minimum absolute atomic E-state index is 0.166. The summed E-state index contributed by atoms with van der Waals surface area (Å²) in [5.74, 6) is 0.0933. The van der Waals surface area contributed by atoms with Crippen LogP contribution in [0.25, 0.3) is 17.0 Å². The SMILES string of the molecule is COc1ccc2c(CCN(Cc3[nH]c(C)c(F)c3C)C3CCc4cc(/C=C/C(=O)NO)ccc43)c[nH]c2c1. The van der Waals surface area contributed by atoms with Crippen LogP contribution in [0.2, 0.25) is 0 Å². The van der Waals surface area contributed by atoms with Gasteiger partial charge >= 0.3 is 0 Å². The van der Waals surface area contributed by atoms with Crippen molar-refractivity contribution in [2.24, 2.45) is 0 Å². The van der Waals surface area contributed by atoms with E-state index in [9.17, 15) is 9.18 Å². The van der Waals surface area contributed by atoms with Gasteiger partial charge in [0.05, 0.1) is 7.11 Å². The molecule has 0 spiro atoms.